The number of H-pyrrole nitrogens is 1. The van der Waals surface area contributed by atoms with Crippen molar-refractivity contribution in [1.82, 2.24) is 30.6 Å². The number of aromatic nitrogens is 5. The van der Waals surface area contributed by atoms with Crippen LogP contribution < -0.4 is 5.32 Å². The summed E-state index contributed by atoms with van der Waals surface area (Å²) in [5, 5.41) is 14.1. The van der Waals surface area contributed by atoms with Gasteiger partial charge in [-0.1, -0.05) is 25.9 Å². The quantitative estimate of drug-likeness (QED) is 0.886. The molecule has 2 aromatic heterocycles. The molecule has 120 valence electrons. The average Bonchev–Trinajstić information content (AvgIpc) is 3.15. The lowest BCUT2D eigenvalue weighted by Crippen LogP contribution is -2.43. The fraction of sp³-hybridized carbons (Fsp3) is 0.714. The zero-order valence-corrected chi connectivity index (χ0v) is 13.2. The molecule has 0 unspecified atom stereocenters. The minimum atomic E-state index is -0.0668. The summed E-state index contributed by atoms with van der Waals surface area (Å²) in [7, 11) is 0. The van der Waals surface area contributed by atoms with Crippen molar-refractivity contribution < 1.29 is 9.26 Å². The van der Waals surface area contributed by atoms with Gasteiger partial charge in [0, 0.05) is 12.6 Å². The fourth-order valence-electron chi connectivity index (χ4n) is 2.56. The number of hydrogen-bond acceptors (Lipinski definition) is 7. The van der Waals surface area contributed by atoms with E-state index in [1.807, 2.05) is 0 Å². The molecule has 1 saturated heterocycles. The number of nitrogens with zero attached hydrogens (tertiary/aromatic N) is 4. The van der Waals surface area contributed by atoms with Crippen LogP contribution in [0.15, 0.2) is 10.9 Å². The highest BCUT2D eigenvalue weighted by Crippen LogP contribution is 2.33. The van der Waals surface area contributed by atoms with Crippen LogP contribution in [0.5, 0.6) is 0 Å². The van der Waals surface area contributed by atoms with Gasteiger partial charge >= 0.3 is 0 Å². The van der Waals surface area contributed by atoms with E-state index in [1.165, 1.54) is 6.33 Å². The van der Waals surface area contributed by atoms with Gasteiger partial charge in [-0.15, -0.1) is 0 Å². The number of nitrogens with one attached hydrogen (secondary N) is 2. The van der Waals surface area contributed by atoms with E-state index in [-0.39, 0.29) is 11.5 Å². The van der Waals surface area contributed by atoms with Gasteiger partial charge in [-0.25, -0.2) is 4.98 Å². The standard InChI is InChI=1S/C14H22N6O2/c1-14(2,3)10(17-9-5-4-6-21-7-9)13-18-12(20-22-13)11-15-8-16-19-11/h8-10,17H,4-7H2,1-3H3,(H,15,16,19)/t9-,10-/m1/s1. The Morgan fingerprint density at radius 2 is 2.27 bits per heavy atom. The van der Waals surface area contributed by atoms with Crippen LogP contribution in [0.25, 0.3) is 11.6 Å². The van der Waals surface area contributed by atoms with Crippen molar-refractivity contribution in [2.24, 2.45) is 5.41 Å². The van der Waals surface area contributed by atoms with E-state index in [0.717, 1.165) is 26.1 Å². The molecule has 8 heteroatoms. The lowest BCUT2D eigenvalue weighted by atomic mass is 9.85. The molecule has 2 aromatic rings. The second kappa shape index (κ2) is 6.13. The average molecular weight is 306 g/mol. The summed E-state index contributed by atoms with van der Waals surface area (Å²) >= 11 is 0. The zero-order chi connectivity index (χ0) is 15.6. The van der Waals surface area contributed by atoms with Crippen LogP contribution in [0.2, 0.25) is 0 Å². The van der Waals surface area contributed by atoms with Crippen LogP contribution >= 0.6 is 0 Å². The smallest absolute Gasteiger partial charge is 0.244 e. The van der Waals surface area contributed by atoms with Gasteiger partial charge in [0.15, 0.2) is 5.82 Å². The van der Waals surface area contributed by atoms with Crippen LogP contribution in [0.3, 0.4) is 0 Å². The van der Waals surface area contributed by atoms with Gasteiger partial charge in [-0.05, 0) is 18.3 Å². The summed E-state index contributed by atoms with van der Waals surface area (Å²) in [4.78, 5) is 8.52. The third-order valence-electron chi connectivity index (χ3n) is 3.74. The first kappa shape index (κ1) is 15.1. The van der Waals surface area contributed by atoms with Crippen molar-refractivity contribution in [1.29, 1.82) is 0 Å². The monoisotopic (exact) mass is 306 g/mol. The Labute approximate surface area is 129 Å². The molecule has 2 N–H and O–H groups in total. The molecular weight excluding hydrogens is 284 g/mol. The number of aromatic amines is 1. The highest BCUT2D eigenvalue weighted by Gasteiger charge is 2.34. The summed E-state index contributed by atoms with van der Waals surface area (Å²) in [6.07, 6.45) is 3.58. The van der Waals surface area contributed by atoms with Gasteiger partial charge in [0.25, 0.3) is 0 Å². The van der Waals surface area contributed by atoms with E-state index in [0.29, 0.717) is 23.6 Å². The minimum Gasteiger partial charge on any atom is -0.380 e. The van der Waals surface area contributed by atoms with E-state index in [9.17, 15) is 0 Å². The molecule has 3 heterocycles. The predicted octanol–water partition coefficient (Wildman–Crippen LogP) is 1.71. The molecule has 1 aliphatic rings. The maximum Gasteiger partial charge on any atom is 0.244 e. The Kier molecular flexibility index (Phi) is 4.21. The third kappa shape index (κ3) is 3.33. The van der Waals surface area contributed by atoms with E-state index < -0.39 is 0 Å². The first-order valence-corrected chi connectivity index (χ1v) is 7.57. The molecule has 3 rings (SSSR count). The van der Waals surface area contributed by atoms with Gasteiger partial charge in [0.2, 0.25) is 11.7 Å². The molecule has 0 spiro atoms. The van der Waals surface area contributed by atoms with Crippen LogP contribution in [-0.2, 0) is 4.74 Å². The Bertz CT molecular complexity index is 583. The maximum absolute atomic E-state index is 5.54. The van der Waals surface area contributed by atoms with E-state index >= 15 is 0 Å². The van der Waals surface area contributed by atoms with Gasteiger partial charge in [-0.3, -0.25) is 5.10 Å². The fourth-order valence-corrected chi connectivity index (χ4v) is 2.56. The Morgan fingerprint density at radius 1 is 1.41 bits per heavy atom. The van der Waals surface area contributed by atoms with Crippen molar-refractivity contribution in [2.75, 3.05) is 13.2 Å². The third-order valence-corrected chi connectivity index (χ3v) is 3.74. The molecule has 8 nitrogen and oxygen atoms in total. The van der Waals surface area contributed by atoms with Crippen molar-refractivity contribution >= 4 is 0 Å². The Balaban J connectivity index is 1.80. The molecular formula is C14H22N6O2. The second-order valence-electron chi connectivity index (χ2n) is 6.67. The van der Waals surface area contributed by atoms with Crippen molar-refractivity contribution in [3.05, 3.63) is 12.2 Å². The number of rotatable bonds is 4. The normalized spacial score (nSPS) is 21.0. The number of hydrogen-bond donors (Lipinski definition) is 2. The maximum atomic E-state index is 5.54. The highest BCUT2D eigenvalue weighted by molar-refractivity contribution is 5.39. The lowest BCUT2D eigenvalue weighted by molar-refractivity contribution is 0.0551. The van der Waals surface area contributed by atoms with Gasteiger partial charge in [0.05, 0.1) is 12.6 Å². The van der Waals surface area contributed by atoms with E-state index in [4.69, 9.17) is 9.26 Å². The predicted molar refractivity (Wildman–Crippen MR) is 78.8 cm³/mol. The van der Waals surface area contributed by atoms with Crippen LogP contribution in [-0.4, -0.2) is 44.6 Å². The van der Waals surface area contributed by atoms with Crippen LogP contribution in [0, 0.1) is 5.41 Å². The minimum absolute atomic E-state index is 0.0524. The Hall–Kier alpha value is -1.80. The SMILES string of the molecule is CC(C)(C)[C@H](N[C@@H]1CCCOC1)c1nc(-c2ncn[nH]2)no1. The molecule has 22 heavy (non-hydrogen) atoms. The highest BCUT2D eigenvalue weighted by atomic mass is 16.5. The number of ether oxygens (including phenoxy) is 1. The molecule has 0 amide bonds. The first-order chi connectivity index (χ1) is 10.5. The van der Waals surface area contributed by atoms with Gasteiger partial charge < -0.3 is 14.6 Å². The molecule has 0 aromatic carbocycles. The Morgan fingerprint density at radius 3 is 2.91 bits per heavy atom. The van der Waals surface area contributed by atoms with Crippen molar-refractivity contribution in [3.63, 3.8) is 0 Å². The molecule has 0 saturated carbocycles. The van der Waals surface area contributed by atoms with Gasteiger partial charge in [-0.2, -0.15) is 10.1 Å². The summed E-state index contributed by atoms with van der Waals surface area (Å²) < 4.78 is 11.0. The topological polar surface area (TPSA) is 102 Å². The van der Waals surface area contributed by atoms with Crippen LogP contribution in [0.1, 0.15) is 45.5 Å². The van der Waals surface area contributed by atoms with E-state index in [2.05, 4.69) is 51.4 Å². The summed E-state index contributed by atoms with van der Waals surface area (Å²) in [5.41, 5.74) is -0.0668. The molecule has 0 radical (unpaired) electrons. The molecule has 2 atom stereocenters. The lowest BCUT2D eigenvalue weighted by Gasteiger charge is -2.33. The molecule has 0 aliphatic carbocycles. The molecule has 0 bridgehead atoms. The summed E-state index contributed by atoms with van der Waals surface area (Å²) in [6.45, 7) is 8.00. The summed E-state index contributed by atoms with van der Waals surface area (Å²) in [5.74, 6) is 1.48. The molecule has 1 aliphatic heterocycles. The van der Waals surface area contributed by atoms with Crippen molar-refractivity contribution in [2.45, 2.75) is 45.7 Å². The van der Waals surface area contributed by atoms with Crippen molar-refractivity contribution in [3.8, 4) is 11.6 Å². The second-order valence-corrected chi connectivity index (χ2v) is 6.67. The summed E-state index contributed by atoms with van der Waals surface area (Å²) in [6, 6.07) is 0.252. The molecule has 1 fully saturated rings. The van der Waals surface area contributed by atoms with Crippen LogP contribution in [0.4, 0.5) is 0 Å². The van der Waals surface area contributed by atoms with E-state index in [1.54, 1.807) is 0 Å². The van der Waals surface area contributed by atoms with Gasteiger partial charge in [0.1, 0.15) is 6.33 Å². The largest absolute Gasteiger partial charge is 0.380 e. The zero-order valence-electron chi connectivity index (χ0n) is 13.2. The first-order valence-electron chi connectivity index (χ1n) is 7.57.